The Hall–Kier alpha value is -3.49. The number of aromatic nitrogens is 4. The fourth-order valence-electron chi connectivity index (χ4n) is 3.08. The van der Waals surface area contributed by atoms with Crippen LogP contribution in [0, 0.1) is 5.82 Å². The second-order valence-corrected chi connectivity index (χ2v) is 6.45. The van der Waals surface area contributed by atoms with Crippen LogP contribution in [0.2, 0.25) is 0 Å². The molecular weight excluding hydrogens is 359 g/mol. The quantitative estimate of drug-likeness (QED) is 0.527. The lowest BCUT2D eigenvalue weighted by molar-refractivity contribution is 0.380. The van der Waals surface area contributed by atoms with E-state index in [1.807, 2.05) is 23.1 Å². The van der Waals surface area contributed by atoms with Gasteiger partial charge in [0.2, 0.25) is 0 Å². The van der Waals surface area contributed by atoms with Crippen molar-refractivity contribution in [3.63, 3.8) is 0 Å². The molecule has 1 aliphatic rings. The molecule has 0 saturated carbocycles. The Kier molecular flexibility index (Phi) is 5.14. The summed E-state index contributed by atoms with van der Waals surface area (Å²) in [6.45, 7) is 3.43. The number of nitrogens with zero attached hydrogens (tertiary/aromatic N) is 6. The van der Waals surface area contributed by atoms with Gasteiger partial charge in [-0.3, -0.25) is 10.1 Å². The van der Waals surface area contributed by atoms with Crippen molar-refractivity contribution in [3.05, 3.63) is 60.3 Å². The molecule has 2 aromatic heterocycles. The molecule has 28 heavy (non-hydrogen) atoms. The van der Waals surface area contributed by atoms with E-state index in [1.165, 1.54) is 12.1 Å². The van der Waals surface area contributed by atoms with E-state index in [0.29, 0.717) is 29.8 Å². The molecule has 0 aliphatic carbocycles. The summed E-state index contributed by atoms with van der Waals surface area (Å²) in [5.41, 5.74) is 7.87. The molecule has 4 rings (SSSR count). The van der Waals surface area contributed by atoms with Gasteiger partial charge in [-0.05, 0) is 36.4 Å². The highest BCUT2D eigenvalue weighted by Crippen LogP contribution is 2.17. The van der Waals surface area contributed by atoms with Crippen molar-refractivity contribution in [2.75, 3.05) is 31.1 Å². The molecule has 8 nitrogen and oxygen atoms in total. The second-order valence-electron chi connectivity index (χ2n) is 6.45. The molecule has 144 valence electrons. The van der Waals surface area contributed by atoms with E-state index >= 15 is 0 Å². The number of nitrogens with one attached hydrogen (secondary N) is 1. The third-order valence-corrected chi connectivity index (χ3v) is 4.61. The average Bonchev–Trinajstić information content (AvgIpc) is 3.22. The van der Waals surface area contributed by atoms with Crippen molar-refractivity contribution in [3.8, 4) is 11.5 Å². The number of benzene rings is 1. The lowest BCUT2D eigenvalue weighted by atomic mass is 10.2. The Morgan fingerprint density at radius 2 is 1.89 bits per heavy atom. The van der Waals surface area contributed by atoms with E-state index < -0.39 is 0 Å². The number of halogens is 1. The highest BCUT2D eigenvalue weighted by molar-refractivity contribution is 5.78. The number of aromatic amines is 1. The Morgan fingerprint density at radius 1 is 1.11 bits per heavy atom. The summed E-state index contributed by atoms with van der Waals surface area (Å²) in [5.74, 6) is 1.43. The van der Waals surface area contributed by atoms with Gasteiger partial charge in [0.15, 0.2) is 11.8 Å². The minimum Gasteiger partial charge on any atom is -0.370 e. The summed E-state index contributed by atoms with van der Waals surface area (Å²) in [5, 5.41) is 7.05. The van der Waals surface area contributed by atoms with Crippen LogP contribution in [-0.2, 0) is 6.54 Å². The van der Waals surface area contributed by atoms with E-state index in [-0.39, 0.29) is 5.82 Å². The fraction of sp³-hybridized carbons (Fsp3) is 0.263. The molecule has 1 saturated heterocycles. The maximum Gasteiger partial charge on any atom is 0.199 e. The zero-order chi connectivity index (χ0) is 19.3. The lowest BCUT2D eigenvalue weighted by Gasteiger charge is -2.36. The van der Waals surface area contributed by atoms with Gasteiger partial charge in [0.1, 0.15) is 23.9 Å². The average molecular weight is 380 g/mol. The van der Waals surface area contributed by atoms with Crippen molar-refractivity contribution in [1.82, 2.24) is 25.1 Å². The van der Waals surface area contributed by atoms with Crippen LogP contribution in [-0.4, -0.2) is 57.2 Å². The molecule has 9 heteroatoms. The standard InChI is InChI=1S/C19H21FN8/c20-14-4-6-15(7-5-14)27-9-11-28(12-10-27)19(21)23-13-17-24-18(26-25-17)16-3-1-2-8-22-16/h1-8H,9-13H2,(H2,21,23)(H,24,25,26). The number of hydrogen-bond acceptors (Lipinski definition) is 5. The van der Waals surface area contributed by atoms with Crippen molar-refractivity contribution in [2.24, 2.45) is 10.7 Å². The second kappa shape index (κ2) is 8.03. The number of pyridine rings is 1. The van der Waals surface area contributed by atoms with Crippen LogP contribution in [0.5, 0.6) is 0 Å². The Labute approximate surface area is 161 Å². The molecule has 0 unspecified atom stereocenters. The maximum atomic E-state index is 13.1. The highest BCUT2D eigenvalue weighted by atomic mass is 19.1. The number of H-pyrrole nitrogens is 1. The SMILES string of the molecule is NC(=NCc1nc(-c2ccccn2)n[nH]1)N1CCN(c2ccc(F)cc2)CC1. The summed E-state index contributed by atoms with van der Waals surface area (Å²) in [6, 6.07) is 12.1. The molecular formula is C19H21FN8. The van der Waals surface area contributed by atoms with Gasteiger partial charge in [-0.2, -0.15) is 5.10 Å². The first-order chi connectivity index (χ1) is 13.7. The van der Waals surface area contributed by atoms with Gasteiger partial charge in [0, 0.05) is 38.1 Å². The summed E-state index contributed by atoms with van der Waals surface area (Å²) >= 11 is 0. The molecule has 0 amide bonds. The molecule has 1 aliphatic heterocycles. The Balaban J connectivity index is 1.33. The zero-order valence-corrected chi connectivity index (χ0v) is 15.3. The van der Waals surface area contributed by atoms with Crippen LogP contribution in [0.4, 0.5) is 10.1 Å². The molecule has 0 radical (unpaired) electrons. The monoisotopic (exact) mass is 380 g/mol. The summed E-state index contributed by atoms with van der Waals surface area (Å²) in [7, 11) is 0. The van der Waals surface area contributed by atoms with Crippen molar-refractivity contribution in [1.29, 1.82) is 0 Å². The number of piperazine rings is 1. The largest absolute Gasteiger partial charge is 0.370 e. The molecule has 1 aromatic carbocycles. The number of hydrogen-bond donors (Lipinski definition) is 2. The van der Waals surface area contributed by atoms with Gasteiger partial charge < -0.3 is 15.5 Å². The predicted molar refractivity (Wildman–Crippen MR) is 105 cm³/mol. The first-order valence-electron chi connectivity index (χ1n) is 9.07. The Bertz CT molecular complexity index is 930. The fourth-order valence-corrected chi connectivity index (χ4v) is 3.08. The lowest BCUT2D eigenvalue weighted by Crippen LogP contribution is -2.51. The smallest absolute Gasteiger partial charge is 0.199 e. The maximum absolute atomic E-state index is 13.1. The van der Waals surface area contributed by atoms with Crippen LogP contribution in [0.25, 0.3) is 11.5 Å². The van der Waals surface area contributed by atoms with E-state index in [4.69, 9.17) is 5.73 Å². The minimum atomic E-state index is -0.225. The van der Waals surface area contributed by atoms with Gasteiger partial charge in [-0.25, -0.2) is 14.4 Å². The van der Waals surface area contributed by atoms with Crippen LogP contribution in [0.15, 0.2) is 53.7 Å². The number of rotatable bonds is 4. The van der Waals surface area contributed by atoms with Crippen molar-refractivity contribution < 1.29 is 4.39 Å². The van der Waals surface area contributed by atoms with E-state index in [0.717, 1.165) is 31.9 Å². The van der Waals surface area contributed by atoms with E-state index in [2.05, 4.69) is 30.1 Å². The molecule has 0 spiro atoms. The third kappa shape index (κ3) is 4.08. The van der Waals surface area contributed by atoms with Gasteiger partial charge in [0.05, 0.1) is 0 Å². The number of anilines is 1. The van der Waals surface area contributed by atoms with E-state index in [1.54, 1.807) is 18.3 Å². The first kappa shape index (κ1) is 17.9. The first-order valence-corrected chi connectivity index (χ1v) is 9.07. The van der Waals surface area contributed by atoms with Crippen molar-refractivity contribution >= 4 is 11.6 Å². The summed E-state index contributed by atoms with van der Waals surface area (Å²) < 4.78 is 13.1. The van der Waals surface area contributed by atoms with Crippen molar-refractivity contribution in [2.45, 2.75) is 6.54 Å². The third-order valence-electron chi connectivity index (χ3n) is 4.61. The predicted octanol–water partition coefficient (Wildman–Crippen LogP) is 1.64. The molecule has 3 heterocycles. The number of guanidine groups is 1. The molecule has 3 aromatic rings. The topological polar surface area (TPSA) is 99.3 Å². The number of aliphatic imine (C=N–C) groups is 1. The van der Waals surface area contributed by atoms with Crippen LogP contribution >= 0.6 is 0 Å². The van der Waals surface area contributed by atoms with Crippen LogP contribution in [0.1, 0.15) is 5.82 Å². The summed E-state index contributed by atoms with van der Waals surface area (Å²) in [4.78, 5) is 17.3. The molecule has 0 atom stereocenters. The summed E-state index contributed by atoms with van der Waals surface area (Å²) in [6.07, 6.45) is 1.70. The minimum absolute atomic E-state index is 0.225. The molecule has 0 bridgehead atoms. The highest BCUT2D eigenvalue weighted by Gasteiger charge is 2.18. The van der Waals surface area contributed by atoms with Crippen LogP contribution in [0.3, 0.4) is 0 Å². The van der Waals surface area contributed by atoms with E-state index in [9.17, 15) is 4.39 Å². The number of nitrogens with two attached hydrogens (primary N) is 1. The molecule has 3 N–H and O–H groups in total. The zero-order valence-electron chi connectivity index (χ0n) is 15.3. The van der Waals surface area contributed by atoms with Gasteiger partial charge in [-0.15, -0.1) is 0 Å². The van der Waals surface area contributed by atoms with Gasteiger partial charge in [0.25, 0.3) is 0 Å². The normalized spacial score (nSPS) is 15.1. The van der Waals surface area contributed by atoms with Gasteiger partial charge >= 0.3 is 0 Å². The Morgan fingerprint density at radius 3 is 2.61 bits per heavy atom. The van der Waals surface area contributed by atoms with Gasteiger partial charge in [-0.1, -0.05) is 6.07 Å². The van der Waals surface area contributed by atoms with Crippen LogP contribution < -0.4 is 10.6 Å². The molecule has 1 fully saturated rings.